The molecule has 1 aliphatic rings. The molecule has 0 aliphatic carbocycles. The van der Waals surface area contributed by atoms with E-state index in [2.05, 4.69) is 25.0 Å². The minimum atomic E-state index is -3.76. The number of likely N-dealkylation sites (tertiary alicyclic amines) is 1. The zero-order valence-electron chi connectivity index (χ0n) is 23.4. The number of carboxylic acid groups (broad SMARTS) is 1. The van der Waals surface area contributed by atoms with Crippen molar-refractivity contribution in [2.45, 2.75) is 38.9 Å². The number of benzene rings is 2. The van der Waals surface area contributed by atoms with Crippen LogP contribution in [0.5, 0.6) is 11.6 Å². The summed E-state index contributed by atoms with van der Waals surface area (Å²) in [5.74, 6) is -0.162. The van der Waals surface area contributed by atoms with Crippen LogP contribution >= 0.6 is 0 Å². The number of anilines is 2. The summed E-state index contributed by atoms with van der Waals surface area (Å²) in [5.41, 5.74) is 1.46. The fourth-order valence-corrected chi connectivity index (χ4v) is 6.16. The summed E-state index contributed by atoms with van der Waals surface area (Å²) >= 11 is 0. The van der Waals surface area contributed by atoms with Crippen molar-refractivity contribution >= 4 is 38.5 Å². The summed E-state index contributed by atoms with van der Waals surface area (Å²) in [7, 11) is -3.76. The van der Waals surface area contributed by atoms with Crippen LogP contribution in [0.15, 0.2) is 54.9 Å². The molecule has 226 valence electrons. The number of pyridine rings is 1. The van der Waals surface area contributed by atoms with E-state index in [4.69, 9.17) is 4.74 Å². The minimum absolute atomic E-state index is 0.0855. The number of hydrogen-bond donors (Lipinski definition) is 3. The van der Waals surface area contributed by atoms with Gasteiger partial charge in [-0.2, -0.15) is 0 Å². The molecule has 2 atom stereocenters. The molecular formula is C29H30F2N6O5S. The lowest BCUT2D eigenvalue weighted by Gasteiger charge is -2.33. The average Bonchev–Trinajstić information content (AvgIpc) is 2.96. The zero-order valence-corrected chi connectivity index (χ0v) is 24.2. The number of amides is 1. The zero-order chi connectivity index (χ0) is 30.7. The molecule has 2 aromatic carbocycles. The first-order valence-electron chi connectivity index (χ1n) is 13.6. The summed E-state index contributed by atoms with van der Waals surface area (Å²) in [6.07, 6.45) is 1.01. The standard InChI is InChI=1S/C29H30F2N6O5S/c1-3-13-43(40,41)36-25-20-7-6-17(2)26(21(20)8-9-23(25)31)42-27-22(5-4-11-32-27)24-10-12-33-28(35-24)34-19-14-18(30)15-37(16-19)29(38)39/h4-12,18-19,36H,3,13-16H2,1-2H3,(H,38,39)(H,33,34,35). The molecule has 43 heavy (non-hydrogen) atoms. The van der Waals surface area contributed by atoms with Gasteiger partial charge in [0.25, 0.3) is 0 Å². The van der Waals surface area contributed by atoms with Gasteiger partial charge in [-0.1, -0.05) is 19.1 Å². The maximum Gasteiger partial charge on any atom is 0.407 e. The molecule has 0 saturated carbocycles. The monoisotopic (exact) mass is 612 g/mol. The van der Waals surface area contributed by atoms with E-state index in [-0.39, 0.29) is 42.8 Å². The van der Waals surface area contributed by atoms with Gasteiger partial charge in [-0.25, -0.2) is 36.9 Å². The molecule has 0 radical (unpaired) electrons. The van der Waals surface area contributed by atoms with E-state index in [1.165, 1.54) is 24.5 Å². The Bertz CT molecular complexity index is 1770. The van der Waals surface area contributed by atoms with E-state index in [1.54, 1.807) is 44.2 Å². The average molecular weight is 613 g/mol. The molecule has 2 unspecified atom stereocenters. The predicted molar refractivity (Wildman–Crippen MR) is 158 cm³/mol. The van der Waals surface area contributed by atoms with Gasteiger partial charge in [0.1, 0.15) is 17.7 Å². The van der Waals surface area contributed by atoms with Crippen LogP contribution in [-0.4, -0.2) is 70.5 Å². The number of aryl methyl sites for hydroxylation is 1. The molecule has 3 N–H and O–H groups in total. The fourth-order valence-electron chi connectivity index (χ4n) is 5.00. The van der Waals surface area contributed by atoms with Gasteiger partial charge in [-0.05, 0) is 49.2 Å². The third-order valence-electron chi connectivity index (χ3n) is 6.93. The highest BCUT2D eigenvalue weighted by Gasteiger charge is 2.30. The molecule has 5 rings (SSSR count). The lowest BCUT2D eigenvalue weighted by Crippen LogP contribution is -2.49. The number of sulfonamides is 1. The van der Waals surface area contributed by atoms with Crippen LogP contribution in [0.3, 0.4) is 0 Å². The van der Waals surface area contributed by atoms with Crippen molar-refractivity contribution in [3.8, 4) is 22.9 Å². The van der Waals surface area contributed by atoms with Crippen molar-refractivity contribution in [3.05, 3.63) is 66.2 Å². The summed E-state index contributed by atoms with van der Waals surface area (Å²) in [5, 5.41) is 13.1. The van der Waals surface area contributed by atoms with Crippen LogP contribution < -0.4 is 14.8 Å². The smallest absolute Gasteiger partial charge is 0.407 e. The highest BCUT2D eigenvalue weighted by Crippen LogP contribution is 2.39. The van der Waals surface area contributed by atoms with E-state index in [9.17, 15) is 27.1 Å². The number of carbonyl (C=O) groups is 1. The van der Waals surface area contributed by atoms with Gasteiger partial charge >= 0.3 is 6.09 Å². The van der Waals surface area contributed by atoms with Gasteiger partial charge in [0.2, 0.25) is 21.9 Å². The number of nitrogens with one attached hydrogen (secondary N) is 2. The molecule has 1 aliphatic heterocycles. The summed E-state index contributed by atoms with van der Waals surface area (Å²) < 4.78 is 62.7. The maximum absolute atomic E-state index is 14.9. The highest BCUT2D eigenvalue weighted by molar-refractivity contribution is 7.92. The van der Waals surface area contributed by atoms with E-state index < -0.39 is 34.1 Å². The number of fused-ring (bicyclic) bond motifs is 1. The van der Waals surface area contributed by atoms with E-state index in [0.29, 0.717) is 39.8 Å². The lowest BCUT2D eigenvalue weighted by molar-refractivity contribution is 0.102. The van der Waals surface area contributed by atoms with E-state index in [1.807, 2.05) is 0 Å². The molecule has 11 nitrogen and oxygen atoms in total. The Balaban J connectivity index is 1.47. The Kier molecular flexibility index (Phi) is 8.57. The highest BCUT2D eigenvalue weighted by atomic mass is 32.2. The quantitative estimate of drug-likeness (QED) is 0.220. The van der Waals surface area contributed by atoms with Gasteiger partial charge in [0, 0.05) is 42.2 Å². The van der Waals surface area contributed by atoms with Crippen LogP contribution in [0.4, 0.5) is 25.2 Å². The first kappa shape index (κ1) is 29.9. The molecule has 14 heteroatoms. The predicted octanol–water partition coefficient (Wildman–Crippen LogP) is 5.59. The number of ether oxygens (including phenoxy) is 1. The largest absolute Gasteiger partial charge is 0.465 e. The number of alkyl halides is 1. The molecule has 0 spiro atoms. The molecule has 1 amide bonds. The van der Waals surface area contributed by atoms with Crippen LogP contribution in [0.1, 0.15) is 25.3 Å². The van der Waals surface area contributed by atoms with Crippen LogP contribution in [0.2, 0.25) is 0 Å². The Morgan fingerprint density at radius 3 is 2.67 bits per heavy atom. The molecule has 1 fully saturated rings. The van der Waals surface area contributed by atoms with Crippen LogP contribution in [0, 0.1) is 12.7 Å². The molecule has 2 aromatic heterocycles. The third-order valence-corrected chi connectivity index (χ3v) is 8.39. The number of nitrogens with zero attached hydrogens (tertiary/aromatic N) is 4. The fraction of sp³-hybridized carbons (Fsp3) is 0.310. The van der Waals surface area contributed by atoms with Crippen molar-refractivity contribution in [2.75, 3.05) is 28.9 Å². The summed E-state index contributed by atoms with van der Waals surface area (Å²) in [6, 6.07) is 10.6. The second kappa shape index (κ2) is 12.3. The number of rotatable bonds is 9. The molecule has 4 aromatic rings. The Labute approximate surface area is 247 Å². The van der Waals surface area contributed by atoms with Crippen molar-refractivity contribution in [1.82, 2.24) is 19.9 Å². The number of halogens is 2. The van der Waals surface area contributed by atoms with Gasteiger partial charge in [-0.15, -0.1) is 0 Å². The summed E-state index contributed by atoms with van der Waals surface area (Å²) in [6.45, 7) is 3.42. The van der Waals surface area contributed by atoms with Crippen molar-refractivity contribution in [1.29, 1.82) is 0 Å². The van der Waals surface area contributed by atoms with E-state index >= 15 is 0 Å². The molecule has 3 heterocycles. The normalized spacial score (nSPS) is 17.1. The Morgan fingerprint density at radius 1 is 1.12 bits per heavy atom. The minimum Gasteiger partial charge on any atom is -0.465 e. The number of hydrogen-bond acceptors (Lipinski definition) is 8. The number of aromatic nitrogens is 3. The molecular weight excluding hydrogens is 582 g/mol. The summed E-state index contributed by atoms with van der Waals surface area (Å²) in [4.78, 5) is 25.6. The SMILES string of the molecule is CCCS(=O)(=O)Nc1c(F)ccc2c(Oc3ncccc3-c3ccnc(NC4CC(F)CN(C(=O)O)C4)n3)c(C)ccc12. The topological polar surface area (TPSA) is 147 Å². The van der Waals surface area contributed by atoms with Crippen molar-refractivity contribution < 1.29 is 31.8 Å². The van der Waals surface area contributed by atoms with Gasteiger partial charge < -0.3 is 20.1 Å². The Hall–Kier alpha value is -4.59. The first-order chi connectivity index (χ1) is 20.5. The van der Waals surface area contributed by atoms with E-state index in [0.717, 1.165) is 4.90 Å². The second-order valence-corrected chi connectivity index (χ2v) is 12.1. The van der Waals surface area contributed by atoms with Crippen molar-refractivity contribution in [3.63, 3.8) is 0 Å². The maximum atomic E-state index is 14.9. The second-order valence-electron chi connectivity index (χ2n) is 10.2. The Morgan fingerprint density at radius 2 is 1.91 bits per heavy atom. The third kappa shape index (κ3) is 6.74. The van der Waals surface area contributed by atoms with Gasteiger partial charge in [0.15, 0.2) is 0 Å². The molecule has 1 saturated heterocycles. The first-order valence-corrected chi connectivity index (χ1v) is 15.3. The van der Waals surface area contributed by atoms with Gasteiger partial charge in [-0.3, -0.25) is 4.72 Å². The lowest BCUT2D eigenvalue weighted by atomic mass is 10.0. The van der Waals surface area contributed by atoms with Gasteiger partial charge in [0.05, 0.1) is 29.2 Å². The van der Waals surface area contributed by atoms with Crippen LogP contribution in [0.25, 0.3) is 22.0 Å². The molecule has 0 bridgehead atoms. The van der Waals surface area contributed by atoms with Crippen LogP contribution in [-0.2, 0) is 10.0 Å². The number of piperidine rings is 1. The van der Waals surface area contributed by atoms with Crippen molar-refractivity contribution in [2.24, 2.45) is 0 Å².